The van der Waals surface area contributed by atoms with Crippen LogP contribution in [-0.4, -0.2) is 46.2 Å². The van der Waals surface area contributed by atoms with E-state index in [1.807, 2.05) is 19.2 Å². The van der Waals surface area contributed by atoms with E-state index >= 15 is 0 Å². The van der Waals surface area contributed by atoms with Crippen molar-refractivity contribution in [3.63, 3.8) is 0 Å². The summed E-state index contributed by atoms with van der Waals surface area (Å²) >= 11 is 1.54. The third-order valence-corrected chi connectivity index (χ3v) is 4.55. The Morgan fingerprint density at radius 2 is 2.29 bits per heavy atom. The van der Waals surface area contributed by atoms with Gasteiger partial charge in [-0.1, -0.05) is 11.8 Å². The number of nitrogens with one attached hydrogen (secondary N) is 1. The van der Waals surface area contributed by atoms with Crippen molar-refractivity contribution in [2.45, 2.75) is 31.0 Å². The maximum Gasteiger partial charge on any atom is 0.253 e. The maximum atomic E-state index is 12.3. The molecule has 7 heteroatoms. The molecular formula is C17H21N5OS. The highest BCUT2D eigenvalue weighted by molar-refractivity contribution is 7.98. The molecule has 126 valence electrons. The fourth-order valence-corrected chi connectivity index (χ4v) is 3.27. The molecule has 0 bridgehead atoms. The molecule has 1 N–H and O–H groups in total. The van der Waals surface area contributed by atoms with Gasteiger partial charge in [0.15, 0.2) is 5.16 Å². The first-order valence-electron chi connectivity index (χ1n) is 8.01. The van der Waals surface area contributed by atoms with Crippen molar-refractivity contribution in [2.24, 2.45) is 0 Å². The lowest BCUT2D eigenvalue weighted by atomic mass is 10.1. The number of amides is 1. The third-order valence-electron chi connectivity index (χ3n) is 4.01. The van der Waals surface area contributed by atoms with Crippen molar-refractivity contribution in [3.8, 4) is 0 Å². The zero-order chi connectivity index (χ0) is 16.9. The molecule has 0 aromatic carbocycles. The van der Waals surface area contributed by atoms with Crippen LogP contribution in [0, 0.1) is 6.92 Å². The van der Waals surface area contributed by atoms with E-state index in [0.29, 0.717) is 5.56 Å². The molecule has 1 saturated heterocycles. The molecule has 2 aromatic rings. The van der Waals surface area contributed by atoms with Gasteiger partial charge < -0.3 is 10.2 Å². The van der Waals surface area contributed by atoms with Crippen LogP contribution in [0.4, 0.5) is 5.82 Å². The average molecular weight is 343 g/mol. The number of nitrogens with zero attached hydrogens (tertiary/aromatic N) is 4. The molecule has 0 saturated carbocycles. The van der Waals surface area contributed by atoms with Gasteiger partial charge in [0.25, 0.3) is 5.91 Å². The predicted molar refractivity (Wildman–Crippen MR) is 95.5 cm³/mol. The molecule has 6 nitrogen and oxygen atoms in total. The summed E-state index contributed by atoms with van der Waals surface area (Å²) in [6.45, 7) is 3.69. The smallest absolute Gasteiger partial charge is 0.253 e. The van der Waals surface area contributed by atoms with Crippen molar-refractivity contribution in [3.05, 3.63) is 41.9 Å². The van der Waals surface area contributed by atoms with Crippen LogP contribution in [0.3, 0.4) is 0 Å². The molecule has 1 aliphatic heterocycles. The lowest BCUT2D eigenvalue weighted by Crippen LogP contribution is -2.48. The van der Waals surface area contributed by atoms with Crippen molar-refractivity contribution in [1.82, 2.24) is 20.3 Å². The van der Waals surface area contributed by atoms with Crippen LogP contribution in [0.15, 0.2) is 35.7 Å². The Morgan fingerprint density at radius 3 is 3.04 bits per heavy atom. The molecule has 2 aromatic heterocycles. The molecule has 3 rings (SSSR count). The van der Waals surface area contributed by atoms with Gasteiger partial charge in [-0.3, -0.25) is 9.78 Å². The number of anilines is 1. The fourth-order valence-electron chi connectivity index (χ4n) is 2.85. The molecule has 3 heterocycles. The van der Waals surface area contributed by atoms with Crippen LogP contribution in [0.1, 0.15) is 28.9 Å². The van der Waals surface area contributed by atoms with Crippen LogP contribution in [0.5, 0.6) is 0 Å². The third kappa shape index (κ3) is 4.03. The average Bonchev–Trinajstić information content (AvgIpc) is 2.62. The molecule has 1 amide bonds. The molecule has 24 heavy (non-hydrogen) atoms. The molecule has 1 aliphatic rings. The van der Waals surface area contributed by atoms with Crippen molar-refractivity contribution in [1.29, 1.82) is 0 Å². The SMILES string of the molecule is CSc1nc(C)cc(N2CCCC(NC(=O)c3cccnc3)C2)n1. The van der Waals surface area contributed by atoms with E-state index in [9.17, 15) is 4.79 Å². The summed E-state index contributed by atoms with van der Waals surface area (Å²) in [5.41, 5.74) is 1.56. The molecule has 0 radical (unpaired) electrons. The van der Waals surface area contributed by atoms with E-state index in [4.69, 9.17) is 0 Å². The zero-order valence-electron chi connectivity index (χ0n) is 13.9. The molecule has 1 atom stereocenters. The number of aromatic nitrogens is 3. The number of carbonyl (C=O) groups is 1. The van der Waals surface area contributed by atoms with E-state index in [-0.39, 0.29) is 11.9 Å². The number of pyridine rings is 1. The second-order valence-corrected chi connectivity index (χ2v) is 6.63. The van der Waals surface area contributed by atoms with Gasteiger partial charge in [-0.2, -0.15) is 0 Å². The van der Waals surface area contributed by atoms with Crippen molar-refractivity contribution in [2.75, 3.05) is 24.2 Å². The maximum absolute atomic E-state index is 12.3. The van der Waals surface area contributed by atoms with Gasteiger partial charge in [0.1, 0.15) is 5.82 Å². The van der Waals surface area contributed by atoms with Gasteiger partial charge in [0.2, 0.25) is 0 Å². The summed E-state index contributed by atoms with van der Waals surface area (Å²) in [6.07, 6.45) is 7.23. The normalized spacial score (nSPS) is 17.6. The number of piperidine rings is 1. The number of rotatable bonds is 4. The van der Waals surface area contributed by atoms with Gasteiger partial charge in [-0.25, -0.2) is 9.97 Å². The number of hydrogen-bond donors (Lipinski definition) is 1. The van der Waals surface area contributed by atoms with Gasteiger partial charge >= 0.3 is 0 Å². The van der Waals surface area contributed by atoms with Crippen LogP contribution < -0.4 is 10.2 Å². The van der Waals surface area contributed by atoms with E-state index < -0.39 is 0 Å². The summed E-state index contributed by atoms with van der Waals surface area (Å²) in [6, 6.07) is 5.67. The van der Waals surface area contributed by atoms with Crippen molar-refractivity contribution >= 4 is 23.5 Å². The molecule has 0 aliphatic carbocycles. The monoisotopic (exact) mass is 343 g/mol. The van der Waals surface area contributed by atoms with E-state index in [1.54, 1.807) is 36.3 Å². The van der Waals surface area contributed by atoms with Gasteiger partial charge in [-0.05, 0) is 38.2 Å². The number of carbonyl (C=O) groups excluding carboxylic acids is 1. The van der Waals surface area contributed by atoms with E-state index in [1.165, 1.54) is 0 Å². The van der Waals surface area contributed by atoms with E-state index in [0.717, 1.165) is 42.6 Å². The summed E-state index contributed by atoms with van der Waals surface area (Å²) in [5, 5.41) is 3.89. The molecule has 1 unspecified atom stereocenters. The quantitative estimate of drug-likeness (QED) is 0.678. The van der Waals surface area contributed by atoms with Gasteiger partial charge in [-0.15, -0.1) is 0 Å². The Bertz CT molecular complexity index is 709. The second-order valence-electron chi connectivity index (χ2n) is 5.85. The Labute approximate surface area is 146 Å². The molecule has 1 fully saturated rings. The first-order chi connectivity index (χ1) is 11.7. The van der Waals surface area contributed by atoms with Crippen LogP contribution in [0.2, 0.25) is 0 Å². The standard InChI is InChI=1S/C17H21N5OS/c1-12-9-15(21-17(19-12)24-2)22-8-4-6-14(11-22)20-16(23)13-5-3-7-18-10-13/h3,5,7,9-10,14H,4,6,8,11H2,1-2H3,(H,20,23). The highest BCUT2D eigenvalue weighted by Crippen LogP contribution is 2.21. The van der Waals surface area contributed by atoms with Crippen LogP contribution in [-0.2, 0) is 0 Å². The lowest BCUT2D eigenvalue weighted by molar-refractivity contribution is 0.0932. The minimum Gasteiger partial charge on any atom is -0.354 e. The Hall–Kier alpha value is -2.15. The van der Waals surface area contributed by atoms with Gasteiger partial charge in [0.05, 0.1) is 5.56 Å². The Kier molecular flexibility index (Phi) is 5.30. The predicted octanol–water partition coefficient (Wildman–Crippen LogP) is 2.30. The second kappa shape index (κ2) is 7.61. The number of hydrogen-bond acceptors (Lipinski definition) is 6. The Morgan fingerprint density at radius 1 is 1.42 bits per heavy atom. The lowest BCUT2D eigenvalue weighted by Gasteiger charge is -2.34. The number of aryl methyl sites for hydroxylation is 1. The molecular weight excluding hydrogens is 322 g/mol. The van der Waals surface area contributed by atoms with Gasteiger partial charge in [0, 0.05) is 43.3 Å². The molecule has 0 spiro atoms. The summed E-state index contributed by atoms with van der Waals surface area (Å²) in [7, 11) is 0. The summed E-state index contributed by atoms with van der Waals surface area (Å²) < 4.78 is 0. The minimum absolute atomic E-state index is 0.0707. The zero-order valence-corrected chi connectivity index (χ0v) is 14.7. The minimum atomic E-state index is -0.0707. The first-order valence-corrected chi connectivity index (χ1v) is 9.23. The summed E-state index contributed by atoms with van der Waals surface area (Å²) in [4.78, 5) is 27.5. The Balaban J connectivity index is 1.68. The number of thioether (sulfide) groups is 1. The largest absolute Gasteiger partial charge is 0.354 e. The summed E-state index contributed by atoms with van der Waals surface area (Å²) in [5.74, 6) is 0.866. The van der Waals surface area contributed by atoms with Crippen LogP contribution >= 0.6 is 11.8 Å². The van der Waals surface area contributed by atoms with E-state index in [2.05, 4.69) is 25.2 Å². The first kappa shape index (κ1) is 16.7. The van der Waals surface area contributed by atoms with Crippen LogP contribution in [0.25, 0.3) is 0 Å². The fraction of sp³-hybridized carbons (Fsp3) is 0.412. The highest BCUT2D eigenvalue weighted by atomic mass is 32.2. The highest BCUT2D eigenvalue weighted by Gasteiger charge is 2.23. The van der Waals surface area contributed by atoms with Crippen molar-refractivity contribution < 1.29 is 4.79 Å². The topological polar surface area (TPSA) is 71.0 Å².